The van der Waals surface area contributed by atoms with Crippen LogP contribution < -0.4 is 0 Å². The molecule has 160 valence electrons. The van der Waals surface area contributed by atoms with Crippen molar-refractivity contribution < 1.29 is 9.59 Å². The van der Waals surface area contributed by atoms with Crippen molar-refractivity contribution in [3.63, 3.8) is 0 Å². The molecule has 2 aromatic rings. The van der Waals surface area contributed by atoms with Crippen molar-refractivity contribution in [2.24, 2.45) is 5.10 Å². The first-order chi connectivity index (χ1) is 14.5. The van der Waals surface area contributed by atoms with E-state index in [0.29, 0.717) is 13.1 Å². The van der Waals surface area contributed by atoms with Crippen molar-refractivity contribution in [2.75, 3.05) is 53.4 Å². The molecule has 0 unspecified atom stereocenters. The third-order valence-corrected chi connectivity index (χ3v) is 7.42. The van der Waals surface area contributed by atoms with Gasteiger partial charge in [-0.25, -0.2) is 5.01 Å². The summed E-state index contributed by atoms with van der Waals surface area (Å²) in [6.07, 6.45) is 0.757. The highest BCUT2D eigenvalue weighted by molar-refractivity contribution is 7.12. The fraction of sp³-hybridized carbons (Fsp3) is 0.476. The molecule has 2 aliphatic heterocycles. The molecule has 1 fully saturated rings. The van der Waals surface area contributed by atoms with Gasteiger partial charge in [0, 0.05) is 51.6 Å². The molecule has 2 amide bonds. The minimum atomic E-state index is -0.0198. The van der Waals surface area contributed by atoms with Gasteiger partial charge in [0.15, 0.2) is 0 Å². The second-order valence-corrected chi connectivity index (χ2v) is 9.77. The summed E-state index contributed by atoms with van der Waals surface area (Å²) in [7, 11) is 3.56. The van der Waals surface area contributed by atoms with Crippen molar-refractivity contribution in [3.05, 3.63) is 44.8 Å². The summed E-state index contributed by atoms with van der Waals surface area (Å²) in [5.74, 6) is 0.156. The van der Waals surface area contributed by atoms with Crippen molar-refractivity contribution in [1.29, 1.82) is 0 Å². The van der Waals surface area contributed by atoms with Gasteiger partial charge in [-0.15, -0.1) is 22.7 Å². The van der Waals surface area contributed by atoms with E-state index < -0.39 is 0 Å². The summed E-state index contributed by atoms with van der Waals surface area (Å²) < 4.78 is 0. The van der Waals surface area contributed by atoms with Crippen LogP contribution in [0.3, 0.4) is 0 Å². The molecular formula is C21H27N5O2S2. The van der Waals surface area contributed by atoms with Gasteiger partial charge in [-0.2, -0.15) is 5.10 Å². The number of piperazine rings is 1. The topological polar surface area (TPSA) is 59.5 Å². The van der Waals surface area contributed by atoms with Crippen LogP contribution in [0.4, 0.5) is 0 Å². The van der Waals surface area contributed by atoms with E-state index >= 15 is 0 Å². The molecule has 30 heavy (non-hydrogen) atoms. The quantitative estimate of drug-likeness (QED) is 0.684. The molecule has 1 atom stereocenters. The SMILES string of the molecule is CN(C)C(=O)CN1CCN(CC(=O)N2N=C(c3cccs3)C[C@H]2c2cccs2)CC1. The Labute approximate surface area is 185 Å². The van der Waals surface area contributed by atoms with E-state index in [0.717, 1.165) is 43.2 Å². The monoisotopic (exact) mass is 445 g/mol. The molecular weight excluding hydrogens is 418 g/mol. The van der Waals surface area contributed by atoms with E-state index in [2.05, 4.69) is 27.3 Å². The molecule has 0 aromatic carbocycles. The Morgan fingerprint density at radius 2 is 1.70 bits per heavy atom. The van der Waals surface area contributed by atoms with Gasteiger partial charge < -0.3 is 4.90 Å². The highest BCUT2D eigenvalue weighted by atomic mass is 32.1. The summed E-state index contributed by atoms with van der Waals surface area (Å²) >= 11 is 3.34. The lowest BCUT2D eigenvalue weighted by Gasteiger charge is -2.35. The number of likely N-dealkylation sites (N-methyl/N-ethyl adjacent to an activating group) is 1. The molecule has 0 spiro atoms. The van der Waals surface area contributed by atoms with Gasteiger partial charge >= 0.3 is 0 Å². The van der Waals surface area contributed by atoms with Crippen LogP contribution in [0.1, 0.15) is 22.2 Å². The minimum absolute atomic E-state index is 0.0198. The van der Waals surface area contributed by atoms with Crippen LogP contribution in [-0.2, 0) is 9.59 Å². The molecule has 9 heteroatoms. The Balaban J connectivity index is 1.38. The lowest BCUT2D eigenvalue weighted by atomic mass is 10.1. The molecule has 2 aromatic heterocycles. The fourth-order valence-electron chi connectivity index (χ4n) is 3.74. The predicted octanol–water partition coefficient (Wildman–Crippen LogP) is 2.19. The highest BCUT2D eigenvalue weighted by Crippen LogP contribution is 2.36. The minimum Gasteiger partial charge on any atom is -0.348 e. The third-order valence-electron chi connectivity index (χ3n) is 5.52. The van der Waals surface area contributed by atoms with Gasteiger partial charge in [-0.3, -0.25) is 19.4 Å². The number of hydrogen-bond donors (Lipinski definition) is 0. The van der Waals surface area contributed by atoms with Gasteiger partial charge in [0.05, 0.1) is 29.7 Å². The number of hydrazone groups is 1. The van der Waals surface area contributed by atoms with Crippen molar-refractivity contribution in [1.82, 2.24) is 19.7 Å². The molecule has 0 aliphatic carbocycles. The predicted molar refractivity (Wildman–Crippen MR) is 121 cm³/mol. The van der Waals surface area contributed by atoms with Crippen LogP contribution in [0.2, 0.25) is 0 Å². The largest absolute Gasteiger partial charge is 0.348 e. The Hall–Kier alpha value is -2.07. The first-order valence-corrected chi connectivity index (χ1v) is 11.9. The van der Waals surface area contributed by atoms with Crippen LogP contribution >= 0.6 is 22.7 Å². The van der Waals surface area contributed by atoms with Crippen molar-refractivity contribution in [3.8, 4) is 0 Å². The number of thiophene rings is 2. The van der Waals surface area contributed by atoms with Gasteiger partial charge in [0.2, 0.25) is 5.91 Å². The average molecular weight is 446 g/mol. The van der Waals surface area contributed by atoms with E-state index in [4.69, 9.17) is 5.10 Å². The summed E-state index contributed by atoms with van der Waals surface area (Å²) in [5.41, 5.74) is 0.990. The molecule has 0 N–H and O–H groups in total. The van der Waals surface area contributed by atoms with Crippen molar-refractivity contribution in [2.45, 2.75) is 12.5 Å². The van der Waals surface area contributed by atoms with Crippen LogP contribution in [0, 0.1) is 0 Å². The summed E-state index contributed by atoms with van der Waals surface area (Å²) in [4.78, 5) is 33.4. The molecule has 4 heterocycles. The summed E-state index contributed by atoms with van der Waals surface area (Å²) in [6, 6.07) is 8.18. The van der Waals surface area contributed by atoms with Gasteiger partial charge in [0.25, 0.3) is 5.91 Å². The number of amides is 2. The third kappa shape index (κ3) is 4.80. The number of carbonyl (C=O) groups is 2. The van der Waals surface area contributed by atoms with Crippen LogP contribution in [0.5, 0.6) is 0 Å². The maximum Gasteiger partial charge on any atom is 0.257 e. The Morgan fingerprint density at radius 1 is 1.03 bits per heavy atom. The standard InChI is InChI=1S/C21H27N5O2S2/c1-23(2)20(27)14-24-7-9-25(10-8-24)15-21(28)26-17(19-6-4-12-30-19)13-16(22-26)18-5-3-11-29-18/h3-6,11-12,17H,7-10,13-15H2,1-2H3/t17-/m0/s1. The normalized spacial score (nSPS) is 20.4. The van der Waals surface area contributed by atoms with E-state index in [1.54, 1.807) is 46.7 Å². The number of hydrogen-bond acceptors (Lipinski definition) is 7. The molecule has 0 bridgehead atoms. The maximum absolute atomic E-state index is 13.2. The average Bonchev–Trinajstić information content (AvgIpc) is 3.48. The molecule has 2 aliphatic rings. The van der Waals surface area contributed by atoms with E-state index in [-0.39, 0.29) is 17.9 Å². The Kier molecular flexibility index (Phi) is 6.62. The zero-order chi connectivity index (χ0) is 21.1. The van der Waals surface area contributed by atoms with Gasteiger partial charge in [-0.05, 0) is 22.9 Å². The molecule has 1 saturated heterocycles. The Bertz CT molecular complexity index is 887. The molecule has 4 rings (SSSR count). The lowest BCUT2D eigenvalue weighted by molar-refractivity contribution is -0.135. The summed E-state index contributed by atoms with van der Waals surface area (Å²) in [5, 5.41) is 10.5. The first-order valence-electron chi connectivity index (χ1n) is 10.1. The fourth-order valence-corrected chi connectivity index (χ4v) is 5.27. The maximum atomic E-state index is 13.2. The smallest absolute Gasteiger partial charge is 0.257 e. The second kappa shape index (κ2) is 9.38. The van der Waals surface area contributed by atoms with E-state index in [1.165, 1.54) is 4.88 Å². The van der Waals surface area contributed by atoms with Crippen LogP contribution in [0.25, 0.3) is 0 Å². The van der Waals surface area contributed by atoms with Gasteiger partial charge in [-0.1, -0.05) is 12.1 Å². The zero-order valence-corrected chi connectivity index (χ0v) is 19.0. The number of rotatable bonds is 6. The molecule has 0 radical (unpaired) electrons. The number of nitrogens with zero attached hydrogens (tertiary/aromatic N) is 5. The molecule has 7 nitrogen and oxygen atoms in total. The van der Waals surface area contributed by atoms with E-state index in [9.17, 15) is 9.59 Å². The lowest BCUT2D eigenvalue weighted by Crippen LogP contribution is -2.51. The van der Waals surface area contributed by atoms with E-state index in [1.807, 2.05) is 17.5 Å². The van der Waals surface area contributed by atoms with Gasteiger partial charge in [0.1, 0.15) is 0 Å². The second-order valence-electron chi connectivity index (χ2n) is 7.84. The zero-order valence-electron chi connectivity index (χ0n) is 17.4. The van der Waals surface area contributed by atoms with Crippen LogP contribution in [-0.4, -0.2) is 90.6 Å². The number of carbonyl (C=O) groups excluding carboxylic acids is 2. The Morgan fingerprint density at radius 3 is 2.30 bits per heavy atom. The first kappa shape index (κ1) is 21.2. The highest BCUT2D eigenvalue weighted by Gasteiger charge is 2.35. The summed E-state index contributed by atoms with van der Waals surface area (Å²) in [6.45, 7) is 3.96. The van der Waals surface area contributed by atoms with Crippen LogP contribution in [0.15, 0.2) is 40.1 Å². The van der Waals surface area contributed by atoms with Crippen molar-refractivity contribution >= 4 is 40.2 Å². The molecule has 0 saturated carbocycles.